The van der Waals surface area contributed by atoms with Gasteiger partial charge in [0.15, 0.2) is 0 Å². The van der Waals surface area contributed by atoms with Crippen LogP contribution in [0, 0.1) is 5.82 Å². The zero-order valence-corrected chi connectivity index (χ0v) is 18.4. The molecule has 2 amide bonds. The Morgan fingerprint density at radius 1 is 1.03 bits per heavy atom. The number of carbonyl (C=O) groups excluding carboxylic acids is 2. The number of phenols is 1. The lowest BCUT2D eigenvalue weighted by Gasteiger charge is -2.20. The minimum absolute atomic E-state index is 0.0240. The summed E-state index contributed by atoms with van der Waals surface area (Å²) in [6, 6.07) is 14.9. The van der Waals surface area contributed by atoms with Crippen molar-refractivity contribution in [2.75, 3.05) is 23.3 Å². The van der Waals surface area contributed by atoms with Crippen LogP contribution in [0.3, 0.4) is 0 Å². The van der Waals surface area contributed by atoms with Crippen LogP contribution in [0.4, 0.5) is 15.9 Å². The van der Waals surface area contributed by atoms with Crippen LogP contribution in [0.5, 0.6) is 5.75 Å². The first kappa shape index (κ1) is 22.3. The molecule has 1 atom stereocenters. The molecule has 0 aliphatic carbocycles. The lowest BCUT2D eigenvalue weighted by atomic mass is 10.0. The average molecular weight is 448 g/mol. The van der Waals surface area contributed by atoms with E-state index >= 15 is 0 Å². The molecule has 7 nitrogen and oxygen atoms in total. The molecule has 0 bridgehead atoms. The van der Waals surface area contributed by atoms with Crippen molar-refractivity contribution < 1.29 is 19.1 Å². The minimum Gasteiger partial charge on any atom is -0.507 e. The molecule has 33 heavy (non-hydrogen) atoms. The summed E-state index contributed by atoms with van der Waals surface area (Å²) in [6.45, 7) is 4.26. The van der Waals surface area contributed by atoms with Gasteiger partial charge in [0.2, 0.25) is 11.8 Å². The molecule has 0 saturated carbocycles. The molecule has 1 aromatic heterocycles. The largest absolute Gasteiger partial charge is 0.507 e. The summed E-state index contributed by atoms with van der Waals surface area (Å²) in [4.78, 5) is 29.5. The van der Waals surface area contributed by atoms with Crippen LogP contribution in [0.1, 0.15) is 20.3 Å². The van der Waals surface area contributed by atoms with Gasteiger partial charge in [-0.15, -0.1) is 0 Å². The van der Waals surface area contributed by atoms with Gasteiger partial charge in [-0.25, -0.2) is 9.37 Å². The van der Waals surface area contributed by atoms with E-state index in [1.54, 1.807) is 18.2 Å². The quantitative estimate of drug-likeness (QED) is 0.550. The van der Waals surface area contributed by atoms with Gasteiger partial charge in [0, 0.05) is 44.2 Å². The van der Waals surface area contributed by atoms with Crippen LogP contribution in [-0.4, -0.2) is 41.0 Å². The number of hydrogen-bond acceptors (Lipinski definition) is 5. The third-order valence-electron chi connectivity index (χ3n) is 5.50. The SMILES string of the molecule is CC(=O)Nc1ccc(-c2cc(-c3cc(F)ccc3O)nc(N3CCC(NC(C)=O)C3)c2)cc1. The first-order chi connectivity index (χ1) is 15.8. The maximum atomic E-state index is 14.0. The summed E-state index contributed by atoms with van der Waals surface area (Å²) in [5, 5.41) is 16.0. The van der Waals surface area contributed by atoms with Crippen molar-refractivity contribution in [3.05, 3.63) is 60.4 Å². The number of anilines is 2. The van der Waals surface area contributed by atoms with Gasteiger partial charge in [-0.1, -0.05) is 12.1 Å². The number of aromatic hydroxyl groups is 1. The summed E-state index contributed by atoms with van der Waals surface area (Å²) in [5.41, 5.74) is 3.12. The van der Waals surface area contributed by atoms with Crippen LogP contribution < -0.4 is 15.5 Å². The topological polar surface area (TPSA) is 94.6 Å². The second kappa shape index (κ2) is 9.28. The summed E-state index contributed by atoms with van der Waals surface area (Å²) in [7, 11) is 0. The molecule has 3 N–H and O–H groups in total. The normalized spacial score (nSPS) is 15.4. The molecule has 3 aromatic rings. The fourth-order valence-corrected chi connectivity index (χ4v) is 4.02. The molecule has 0 spiro atoms. The second-order valence-corrected chi connectivity index (χ2v) is 8.15. The Morgan fingerprint density at radius 3 is 2.48 bits per heavy atom. The number of aromatic nitrogens is 1. The fourth-order valence-electron chi connectivity index (χ4n) is 4.02. The van der Waals surface area contributed by atoms with Gasteiger partial charge in [-0.3, -0.25) is 9.59 Å². The highest BCUT2D eigenvalue weighted by atomic mass is 19.1. The van der Waals surface area contributed by atoms with E-state index in [4.69, 9.17) is 4.98 Å². The smallest absolute Gasteiger partial charge is 0.221 e. The zero-order chi connectivity index (χ0) is 23.5. The van der Waals surface area contributed by atoms with Gasteiger partial charge < -0.3 is 20.6 Å². The van der Waals surface area contributed by atoms with Gasteiger partial charge in [-0.2, -0.15) is 0 Å². The third kappa shape index (κ3) is 5.28. The van der Waals surface area contributed by atoms with Crippen LogP contribution in [-0.2, 0) is 9.59 Å². The maximum absolute atomic E-state index is 14.0. The average Bonchev–Trinajstić information content (AvgIpc) is 3.23. The van der Waals surface area contributed by atoms with Crippen molar-refractivity contribution in [3.63, 3.8) is 0 Å². The predicted octanol–water partition coefficient (Wildman–Crippen LogP) is 3.93. The van der Waals surface area contributed by atoms with E-state index in [9.17, 15) is 19.1 Å². The molecule has 4 rings (SSSR count). The molecule has 1 fully saturated rings. The van der Waals surface area contributed by atoms with E-state index in [-0.39, 0.29) is 23.6 Å². The van der Waals surface area contributed by atoms with Crippen molar-refractivity contribution in [2.45, 2.75) is 26.3 Å². The Hall–Kier alpha value is -3.94. The van der Waals surface area contributed by atoms with Gasteiger partial charge in [0.25, 0.3) is 0 Å². The zero-order valence-electron chi connectivity index (χ0n) is 18.4. The highest BCUT2D eigenvalue weighted by Gasteiger charge is 2.25. The molecule has 1 saturated heterocycles. The number of phenolic OH excluding ortho intramolecular Hbond substituents is 1. The van der Waals surface area contributed by atoms with Gasteiger partial charge in [-0.05, 0) is 60.0 Å². The predicted molar refractivity (Wildman–Crippen MR) is 125 cm³/mol. The molecule has 1 unspecified atom stereocenters. The van der Waals surface area contributed by atoms with Crippen molar-refractivity contribution in [1.82, 2.24) is 10.3 Å². The molecule has 8 heteroatoms. The molecule has 170 valence electrons. The standard InChI is InChI=1S/C25H25FN4O3/c1-15(31)27-20-6-3-17(4-7-20)18-11-23(22-13-19(26)5-8-24(22)33)29-25(12-18)30-10-9-21(14-30)28-16(2)32/h3-8,11-13,21,33H,9-10,14H2,1-2H3,(H,27,31)(H,28,32). The summed E-state index contributed by atoms with van der Waals surface area (Å²) < 4.78 is 14.0. The van der Waals surface area contributed by atoms with E-state index in [1.165, 1.54) is 32.0 Å². The van der Waals surface area contributed by atoms with E-state index in [2.05, 4.69) is 15.5 Å². The highest BCUT2D eigenvalue weighted by Crippen LogP contribution is 2.35. The Balaban J connectivity index is 1.74. The Morgan fingerprint density at radius 2 is 1.79 bits per heavy atom. The van der Waals surface area contributed by atoms with E-state index in [1.807, 2.05) is 18.2 Å². The van der Waals surface area contributed by atoms with Gasteiger partial charge in [0.1, 0.15) is 17.4 Å². The summed E-state index contributed by atoms with van der Waals surface area (Å²) >= 11 is 0. The third-order valence-corrected chi connectivity index (χ3v) is 5.50. The van der Waals surface area contributed by atoms with Gasteiger partial charge >= 0.3 is 0 Å². The van der Waals surface area contributed by atoms with E-state index < -0.39 is 5.82 Å². The number of pyridine rings is 1. The Kier molecular flexibility index (Phi) is 6.26. The van der Waals surface area contributed by atoms with Crippen LogP contribution in [0.25, 0.3) is 22.4 Å². The van der Waals surface area contributed by atoms with Crippen molar-refractivity contribution in [2.24, 2.45) is 0 Å². The Bertz CT molecular complexity index is 1200. The molecule has 0 radical (unpaired) electrons. The van der Waals surface area contributed by atoms with Crippen molar-refractivity contribution >= 4 is 23.3 Å². The molecular weight excluding hydrogens is 423 g/mol. The lowest BCUT2D eigenvalue weighted by Crippen LogP contribution is -2.35. The fraction of sp³-hybridized carbons (Fsp3) is 0.240. The van der Waals surface area contributed by atoms with Crippen LogP contribution >= 0.6 is 0 Å². The highest BCUT2D eigenvalue weighted by molar-refractivity contribution is 5.89. The number of amides is 2. The first-order valence-electron chi connectivity index (χ1n) is 10.7. The number of benzene rings is 2. The molecule has 2 aromatic carbocycles. The number of halogens is 1. The number of rotatable bonds is 5. The number of nitrogens with zero attached hydrogens (tertiary/aromatic N) is 2. The van der Waals surface area contributed by atoms with Crippen LogP contribution in [0.2, 0.25) is 0 Å². The molecular formula is C25H25FN4O3. The lowest BCUT2D eigenvalue weighted by molar-refractivity contribution is -0.119. The number of carbonyl (C=O) groups is 2. The van der Waals surface area contributed by atoms with Crippen molar-refractivity contribution in [1.29, 1.82) is 0 Å². The Labute approximate surface area is 191 Å². The van der Waals surface area contributed by atoms with Gasteiger partial charge in [0.05, 0.1) is 5.69 Å². The molecule has 1 aliphatic rings. The first-order valence-corrected chi connectivity index (χ1v) is 10.7. The molecule has 1 aliphatic heterocycles. The monoisotopic (exact) mass is 448 g/mol. The van der Waals surface area contributed by atoms with Crippen molar-refractivity contribution in [3.8, 4) is 28.1 Å². The van der Waals surface area contributed by atoms with Crippen LogP contribution in [0.15, 0.2) is 54.6 Å². The summed E-state index contributed by atoms with van der Waals surface area (Å²) in [6.07, 6.45) is 0.789. The minimum atomic E-state index is -0.469. The van der Waals surface area contributed by atoms with E-state index in [0.29, 0.717) is 35.9 Å². The maximum Gasteiger partial charge on any atom is 0.221 e. The molecule has 2 heterocycles. The number of hydrogen-bond donors (Lipinski definition) is 3. The number of nitrogens with one attached hydrogen (secondary N) is 2. The second-order valence-electron chi connectivity index (χ2n) is 8.15. The summed E-state index contributed by atoms with van der Waals surface area (Å²) in [5.74, 6) is -0.0904. The van der Waals surface area contributed by atoms with E-state index in [0.717, 1.165) is 17.5 Å².